The van der Waals surface area contributed by atoms with Gasteiger partial charge in [0.2, 0.25) is 0 Å². The SMILES string of the molecule is CCCCCCC(O)CCCCCCS(=O)(=O)O. The lowest BCUT2D eigenvalue weighted by atomic mass is 10.0. The molecule has 18 heavy (non-hydrogen) atoms. The van der Waals surface area contributed by atoms with Crippen molar-refractivity contribution in [2.75, 3.05) is 5.75 Å². The number of hydrogen-bond donors (Lipinski definition) is 2. The standard InChI is InChI=1S/C13H28O4S/c1-2-3-4-7-10-13(14)11-8-5-6-9-12-18(15,16)17/h13-14H,2-12H2,1H3,(H,15,16,17). The molecule has 0 aromatic carbocycles. The van der Waals surface area contributed by atoms with E-state index >= 15 is 0 Å². The molecule has 110 valence electrons. The zero-order valence-electron chi connectivity index (χ0n) is 11.5. The summed E-state index contributed by atoms with van der Waals surface area (Å²) in [4.78, 5) is 0. The van der Waals surface area contributed by atoms with E-state index in [0.29, 0.717) is 6.42 Å². The Balaban J connectivity index is 3.27. The van der Waals surface area contributed by atoms with Gasteiger partial charge in [0.25, 0.3) is 10.1 Å². The summed E-state index contributed by atoms with van der Waals surface area (Å²) >= 11 is 0. The summed E-state index contributed by atoms with van der Waals surface area (Å²) in [5.41, 5.74) is 0. The summed E-state index contributed by atoms with van der Waals surface area (Å²) in [6, 6.07) is 0. The monoisotopic (exact) mass is 280 g/mol. The number of hydrogen-bond acceptors (Lipinski definition) is 3. The van der Waals surface area contributed by atoms with Crippen molar-refractivity contribution in [3.05, 3.63) is 0 Å². The molecule has 0 aliphatic heterocycles. The first kappa shape index (κ1) is 17.9. The summed E-state index contributed by atoms with van der Waals surface area (Å²) < 4.78 is 29.5. The molecule has 2 N–H and O–H groups in total. The number of aliphatic hydroxyl groups excluding tert-OH is 1. The second kappa shape index (κ2) is 10.8. The average Bonchev–Trinajstić information content (AvgIpc) is 2.28. The molecule has 0 aromatic heterocycles. The lowest BCUT2D eigenvalue weighted by molar-refractivity contribution is 0.147. The molecule has 0 heterocycles. The lowest BCUT2D eigenvalue weighted by Crippen LogP contribution is -2.06. The van der Waals surface area contributed by atoms with Crippen molar-refractivity contribution in [2.24, 2.45) is 0 Å². The minimum atomic E-state index is -3.79. The predicted octanol–water partition coefficient (Wildman–Crippen LogP) is 3.16. The average molecular weight is 280 g/mol. The molecule has 0 saturated heterocycles. The summed E-state index contributed by atoms with van der Waals surface area (Å²) in [6.07, 6.45) is 9.37. The largest absolute Gasteiger partial charge is 0.393 e. The summed E-state index contributed by atoms with van der Waals surface area (Å²) in [7, 11) is -3.79. The maximum absolute atomic E-state index is 10.5. The number of unbranched alkanes of at least 4 members (excludes halogenated alkanes) is 6. The van der Waals surface area contributed by atoms with E-state index in [1.165, 1.54) is 19.3 Å². The van der Waals surface area contributed by atoms with Crippen LogP contribution in [0.1, 0.15) is 71.1 Å². The van der Waals surface area contributed by atoms with Crippen molar-refractivity contribution >= 4 is 10.1 Å². The number of rotatable bonds is 12. The van der Waals surface area contributed by atoms with Crippen LogP contribution in [-0.4, -0.2) is 29.9 Å². The Morgan fingerprint density at radius 3 is 1.89 bits per heavy atom. The van der Waals surface area contributed by atoms with Crippen LogP contribution in [0.15, 0.2) is 0 Å². The molecule has 0 fully saturated rings. The van der Waals surface area contributed by atoms with Crippen molar-refractivity contribution in [1.82, 2.24) is 0 Å². The smallest absolute Gasteiger partial charge is 0.264 e. The van der Waals surface area contributed by atoms with E-state index in [1.54, 1.807) is 0 Å². The third-order valence-corrected chi connectivity index (χ3v) is 3.89. The summed E-state index contributed by atoms with van der Waals surface area (Å²) in [5.74, 6) is -0.146. The fraction of sp³-hybridized carbons (Fsp3) is 1.00. The molecule has 0 saturated carbocycles. The fourth-order valence-corrected chi connectivity index (χ4v) is 2.54. The Labute approximate surface area is 112 Å². The van der Waals surface area contributed by atoms with Gasteiger partial charge in [-0.05, 0) is 19.3 Å². The van der Waals surface area contributed by atoms with Crippen LogP contribution in [0, 0.1) is 0 Å². The highest BCUT2D eigenvalue weighted by molar-refractivity contribution is 7.85. The Hall–Kier alpha value is -0.130. The van der Waals surface area contributed by atoms with Gasteiger partial charge < -0.3 is 5.11 Å². The van der Waals surface area contributed by atoms with Crippen molar-refractivity contribution in [3.8, 4) is 0 Å². The first-order valence-electron chi connectivity index (χ1n) is 7.09. The van der Waals surface area contributed by atoms with E-state index in [-0.39, 0.29) is 11.9 Å². The molecule has 0 rings (SSSR count). The van der Waals surface area contributed by atoms with Crippen molar-refractivity contribution in [2.45, 2.75) is 77.2 Å². The van der Waals surface area contributed by atoms with Crippen LogP contribution >= 0.6 is 0 Å². The lowest BCUT2D eigenvalue weighted by Gasteiger charge is -2.09. The van der Waals surface area contributed by atoms with Crippen LogP contribution in [-0.2, 0) is 10.1 Å². The van der Waals surface area contributed by atoms with Gasteiger partial charge in [-0.2, -0.15) is 8.42 Å². The van der Waals surface area contributed by atoms with Gasteiger partial charge in [-0.25, -0.2) is 0 Å². The van der Waals surface area contributed by atoms with Crippen molar-refractivity contribution < 1.29 is 18.1 Å². The molecular formula is C13H28O4S. The Morgan fingerprint density at radius 1 is 0.889 bits per heavy atom. The van der Waals surface area contributed by atoms with Gasteiger partial charge >= 0.3 is 0 Å². The van der Waals surface area contributed by atoms with Gasteiger partial charge in [-0.3, -0.25) is 4.55 Å². The van der Waals surface area contributed by atoms with Crippen LogP contribution in [0.3, 0.4) is 0 Å². The molecule has 1 atom stereocenters. The minimum absolute atomic E-state index is 0.146. The molecule has 0 spiro atoms. The second-order valence-electron chi connectivity index (χ2n) is 4.99. The normalized spacial score (nSPS) is 13.7. The van der Waals surface area contributed by atoms with E-state index in [9.17, 15) is 13.5 Å². The first-order chi connectivity index (χ1) is 8.45. The topological polar surface area (TPSA) is 74.6 Å². The van der Waals surface area contributed by atoms with Gasteiger partial charge in [-0.15, -0.1) is 0 Å². The quantitative estimate of drug-likeness (QED) is 0.425. The third kappa shape index (κ3) is 13.9. The molecular weight excluding hydrogens is 252 g/mol. The number of aliphatic hydroxyl groups is 1. The van der Waals surface area contributed by atoms with E-state index in [4.69, 9.17) is 4.55 Å². The highest BCUT2D eigenvalue weighted by Crippen LogP contribution is 2.12. The maximum atomic E-state index is 10.5. The third-order valence-electron chi connectivity index (χ3n) is 3.08. The molecule has 4 nitrogen and oxygen atoms in total. The van der Waals surface area contributed by atoms with E-state index < -0.39 is 10.1 Å². The van der Waals surface area contributed by atoms with Gasteiger partial charge in [0.15, 0.2) is 0 Å². The maximum Gasteiger partial charge on any atom is 0.264 e. The van der Waals surface area contributed by atoms with Crippen LogP contribution < -0.4 is 0 Å². The van der Waals surface area contributed by atoms with Crippen LogP contribution in [0.5, 0.6) is 0 Å². The molecule has 0 radical (unpaired) electrons. The summed E-state index contributed by atoms with van der Waals surface area (Å²) in [5, 5.41) is 9.70. The van der Waals surface area contributed by atoms with Crippen LogP contribution in [0.2, 0.25) is 0 Å². The zero-order chi connectivity index (χ0) is 13.9. The van der Waals surface area contributed by atoms with Gasteiger partial charge in [0.05, 0.1) is 11.9 Å². The first-order valence-corrected chi connectivity index (χ1v) is 8.70. The van der Waals surface area contributed by atoms with Gasteiger partial charge in [0, 0.05) is 0 Å². The molecule has 5 heteroatoms. The summed E-state index contributed by atoms with van der Waals surface area (Å²) in [6.45, 7) is 2.17. The Morgan fingerprint density at radius 2 is 1.39 bits per heavy atom. The van der Waals surface area contributed by atoms with Crippen molar-refractivity contribution in [1.29, 1.82) is 0 Å². The fourth-order valence-electron chi connectivity index (χ4n) is 1.97. The van der Waals surface area contributed by atoms with Crippen molar-refractivity contribution in [3.63, 3.8) is 0 Å². The molecule has 0 bridgehead atoms. The molecule has 0 aromatic rings. The Kier molecular flexibility index (Phi) is 10.7. The molecule has 1 unspecified atom stereocenters. The predicted molar refractivity (Wildman–Crippen MR) is 74.3 cm³/mol. The minimum Gasteiger partial charge on any atom is -0.393 e. The van der Waals surface area contributed by atoms with Gasteiger partial charge in [-0.1, -0.05) is 51.9 Å². The Bertz CT molecular complexity index is 275. The van der Waals surface area contributed by atoms with Crippen LogP contribution in [0.25, 0.3) is 0 Å². The highest BCUT2D eigenvalue weighted by Gasteiger charge is 2.05. The highest BCUT2D eigenvalue weighted by atomic mass is 32.2. The molecule has 0 aliphatic carbocycles. The molecule has 0 amide bonds. The molecule has 0 aliphatic rings. The van der Waals surface area contributed by atoms with Gasteiger partial charge in [0.1, 0.15) is 0 Å². The zero-order valence-corrected chi connectivity index (χ0v) is 12.3. The van der Waals surface area contributed by atoms with Crippen LogP contribution in [0.4, 0.5) is 0 Å². The van der Waals surface area contributed by atoms with E-state index in [1.807, 2.05) is 0 Å². The van der Waals surface area contributed by atoms with E-state index in [0.717, 1.165) is 38.5 Å². The second-order valence-corrected chi connectivity index (χ2v) is 6.56. The van der Waals surface area contributed by atoms with E-state index in [2.05, 4.69) is 6.92 Å².